The van der Waals surface area contributed by atoms with E-state index in [-0.39, 0.29) is 17.4 Å². The van der Waals surface area contributed by atoms with E-state index in [4.69, 9.17) is 4.74 Å². The lowest BCUT2D eigenvalue weighted by Crippen LogP contribution is -2.41. The van der Waals surface area contributed by atoms with Gasteiger partial charge < -0.3 is 10.1 Å². The van der Waals surface area contributed by atoms with E-state index in [1.807, 2.05) is 13.8 Å². The molecule has 1 N–H and O–H groups in total. The molecule has 0 radical (unpaired) electrons. The van der Waals surface area contributed by atoms with Crippen LogP contribution in [0.1, 0.15) is 33.6 Å². The van der Waals surface area contributed by atoms with Gasteiger partial charge in [0.05, 0.1) is 5.60 Å². The molecule has 13 heavy (non-hydrogen) atoms. The van der Waals surface area contributed by atoms with Crippen LogP contribution in [0.2, 0.25) is 0 Å². The first-order chi connectivity index (χ1) is 6.03. The highest BCUT2D eigenvalue weighted by Gasteiger charge is 2.30. The topological polar surface area (TPSA) is 38.3 Å². The highest BCUT2D eigenvalue weighted by molar-refractivity contribution is 5.77. The van der Waals surface area contributed by atoms with Crippen LogP contribution in [0.5, 0.6) is 0 Å². The van der Waals surface area contributed by atoms with Crippen molar-refractivity contribution in [3.05, 3.63) is 0 Å². The molecule has 3 heteroatoms. The van der Waals surface area contributed by atoms with Crippen LogP contribution in [0, 0.1) is 5.92 Å². The van der Waals surface area contributed by atoms with Crippen molar-refractivity contribution in [2.24, 2.45) is 5.92 Å². The molecule has 1 saturated heterocycles. The zero-order chi connectivity index (χ0) is 9.90. The van der Waals surface area contributed by atoms with E-state index in [9.17, 15) is 4.79 Å². The van der Waals surface area contributed by atoms with Crippen LogP contribution in [0.15, 0.2) is 0 Å². The van der Waals surface area contributed by atoms with Crippen molar-refractivity contribution in [2.45, 2.75) is 39.2 Å². The van der Waals surface area contributed by atoms with Gasteiger partial charge in [-0.3, -0.25) is 4.79 Å². The number of hydrogen-bond acceptors (Lipinski definition) is 2. The maximum Gasteiger partial charge on any atom is 0.222 e. The van der Waals surface area contributed by atoms with Crippen molar-refractivity contribution in [1.29, 1.82) is 0 Å². The number of nitrogens with one attached hydrogen (secondary N) is 1. The fourth-order valence-electron chi connectivity index (χ4n) is 1.45. The number of rotatable bonds is 3. The molecule has 3 nitrogen and oxygen atoms in total. The van der Waals surface area contributed by atoms with E-state index in [0.29, 0.717) is 6.54 Å². The molecule has 1 heterocycles. The second-order valence-corrected chi connectivity index (χ2v) is 4.27. The summed E-state index contributed by atoms with van der Waals surface area (Å²) in [5.74, 6) is 0.168. The second kappa shape index (κ2) is 4.09. The predicted molar refractivity (Wildman–Crippen MR) is 51.4 cm³/mol. The van der Waals surface area contributed by atoms with Gasteiger partial charge in [-0.05, 0) is 19.8 Å². The molecule has 0 aromatic rings. The maximum absolute atomic E-state index is 11.3. The Hall–Kier alpha value is -0.570. The molecule has 0 aliphatic carbocycles. The standard InChI is InChI=1S/C10H19NO2/c1-8(2)9(12)11-7-10(3)5-4-6-13-10/h8H,4-7H2,1-3H3,(H,11,12). The average molecular weight is 185 g/mol. The summed E-state index contributed by atoms with van der Waals surface area (Å²) in [7, 11) is 0. The summed E-state index contributed by atoms with van der Waals surface area (Å²) in [6, 6.07) is 0. The summed E-state index contributed by atoms with van der Waals surface area (Å²) in [6.07, 6.45) is 2.15. The first-order valence-electron chi connectivity index (χ1n) is 4.95. The fraction of sp³-hybridized carbons (Fsp3) is 0.900. The third-order valence-corrected chi connectivity index (χ3v) is 2.46. The van der Waals surface area contributed by atoms with Gasteiger partial charge in [-0.1, -0.05) is 13.8 Å². The normalized spacial score (nSPS) is 28.0. The van der Waals surface area contributed by atoms with Gasteiger partial charge in [-0.15, -0.1) is 0 Å². The third kappa shape index (κ3) is 2.99. The lowest BCUT2D eigenvalue weighted by molar-refractivity contribution is -0.125. The molecule has 1 fully saturated rings. The summed E-state index contributed by atoms with van der Waals surface area (Å²) >= 11 is 0. The Labute approximate surface area is 79.8 Å². The highest BCUT2D eigenvalue weighted by Crippen LogP contribution is 2.23. The van der Waals surface area contributed by atoms with Crippen LogP contribution in [-0.2, 0) is 9.53 Å². The Kier molecular flexibility index (Phi) is 3.31. The number of carbonyl (C=O) groups is 1. The lowest BCUT2D eigenvalue weighted by atomic mass is 10.0. The molecule has 0 aromatic carbocycles. The van der Waals surface area contributed by atoms with Crippen LogP contribution in [0.25, 0.3) is 0 Å². The average Bonchev–Trinajstić information content (AvgIpc) is 2.48. The molecule has 1 unspecified atom stereocenters. The third-order valence-electron chi connectivity index (χ3n) is 2.46. The zero-order valence-corrected chi connectivity index (χ0v) is 8.72. The van der Waals surface area contributed by atoms with Gasteiger partial charge in [-0.25, -0.2) is 0 Å². The van der Waals surface area contributed by atoms with E-state index >= 15 is 0 Å². The lowest BCUT2D eigenvalue weighted by Gasteiger charge is -2.23. The van der Waals surface area contributed by atoms with Gasteiger partial charge in [0.15, 0.2) is 0 Å². The molecule has 0 saturated carbocycles. The van der Waals surface area contributed by atoms with Crippen LogP contribution in [0.4, 0.5) is 0 Å². The number of carbonyl (C=O) groups excluding carboxylic acids is 1. The molecule has 1 rings (SSSR count). The summed E-state index contributed by atoms with van der Waals surface area (Å²) < 4.78 is 5.56. The Morgan fingerprint density at radius 3 is 2.77 bits per heavy atom. The highest BCUT2D eigenvalue weighted by atomic mass is 16.5. The van der Waals surface area contributed by atoms with Crippen molar-refractivity contribution < 1.29 is 9.53 Å². The van der Waals surface area contributed by atoms with Gasteiger partial charge in [0.25, 0.3) is 0 Å². The molecule has 1 aliphatic rings. The predicted octanol–water partition coefficient (Wildman–Crippen LogP) is 1.33. The number of ether oxygens (including phenoxy) is 1. The summed E-state index contributed by atoms with van der Waals surface area (Å²) in [5.41, 5.74) is -0.120. The minimum Gasteiger partial charge on any atom is -0.373 e. The molecule has 0 aromatic heterocycles. The minimum atomic E-state index is -0.120. The molecule has 1 atom stereocenters. The molecule has 0 bridgehead atoms. The van der Waals surface area contributed by atoms with Crippen LogP contribution < -0.4 is 5.32 Å². The van der Waals surface area contributed by atoms with Crippen molar-refractivity contribution in [3.63, 3.8) is 0 Å². The van der Waals surface area contributed by atoms with Crippen molar-refractivity contribution >= 4 is 5.91 Å². The number of amides is 1. The van der Waals surface area contributed by atoms with Crippen molar-refractivity contribution in [1.82, 2.24) is 5.32 Å². The smallest absolute Gasteiger partial charge is 0.222 e. The zero-order valence-electron chi connectivity index (χ0n) is 8.72. The van der Waals surface area contributed by atoms with Crippen molar-refractivity contribution in [3.8, 4) is 0 Å². The van der Waals surface area contributed by atoms with Gasteiger partial charge in [0.2, 0.25) is 5.91 Å². The van der Waals surface area contributed by atoms with Gasteiger partial charge in [-0.2, -0.15) is 0 Å². The van der Waals surface area contributed by atoms with Gasteiger partial charge in [0.1, 0.15) is 0 Å². The molecule has 76 valence electrons. The summed E-state index contributed by atoms with van der Waals surface area (Å²) in [6.45, 7) is 7.32. The van der Waals surface area contributed by atoms with E-state index in [0.717, 1.165) is 19.4 Å². The Balaban J connectivity index is 2.29. The van der Waals surface area contributed by atoms with E-state index in [2.05, 4.69) is 12.2 Å². The Morgan fingerprint density at radius 1 is 1.62 bits per heavy atom. The first kappa shape index (κ1) is 10.5. The molecule has 0 spiro atoms. The van der Waals surface area contributed by atoms with Gasteiger partial charge >= 0.3 is 0 Å². The Bertz CT molecular complexity index is 183. The maximum atomic E-state index is 11.3. The van der Waals surface area contributed by atoms with E-state index in [1.165, 1.54) is 0 Å². The van der Waals surface area contributed by atoms with Gasteiger partial charge in [0, 0.05) is 19.1 Å². The van der Waals surface area contributed by atoms with Crippen LogP contribution in [-0.4, -0.2) is 24.7 Å². The van der Waals surface area contributed by atoms with E-state index in [1.54, 1.807) is 0 Å². The number of hydrogen-bond donors (Lipinski definition) is 1. The first-order valence-corrected chi connectivity index (χ1v) is 4.95. The summed E-state index contributed by atoms with van der Waals surface area (Å²) in [4.78, 5) is 11.3. The fourth-order valence-corrected chi connectivity index (χ4v) is 1.45. The monoisotopic (exact) mass is 185 g/mol. The minimum absolute atomic E-state index is 0.0602. The second-order valence-electron chi connectivity index (χ2n) is 4.27. The van der Waals surface area contributed by atoms with Crippen LogP contribution >= 0.6 is 0 Å². The molecular weight excluding hydrogens is 166 g/mol. The molecular formula is C10H19NO2. The van der Waals surface area contributed by atoms with Crippen molar-refractivity contribution in [2.75, 3.05) is 13.2 Å². The summed E-state index contributed by atoms with van der Waals surface area (Å²) in [5, 5.41) is 2.90. The largest absolute Gasteiger partial charge is 0.373 e. The molecule has 1 amide bonds. The van der Waals surface area contributed by atoms with Crippen LogP contribution in [0.3, 0.4) is 0 Å². The van der Waals surface area contributed by atoms with E-state index < -0.39 is 0 Å². The quantitative estimate of drug-likeness (QED) is 0.720. The SMILES string of the molecule is CC(C)C(=O)NCC1(C)CCCO1. The molecule has 1 aliphatic heterocycles. The Morgan fingerprint density at radius 2 is 2.31 bits per heavy atom.